The second-order valence-electron chi connectivity index (χ2n) is 6.23. The summed E-state index contributed by atoms with van der Waals surface area (Å²) >= 11 is 0. The first-order chi connectivity index (χ1) is 10.4. The Kier molecular flexibility index (Phi) is 7.58. The SMILES string of the molecule is CN(C)C.CN(C)C.c1ccc2cc3ccccc3cc2c1. The van der Waals surface area contributed by atoms with E-state index >= 15 is 0 Å². The minimum Gasteiger partial charge on any atom is -0.312 e. The lowest BCUT2D eigenvalue weighted by molar-refractivity contribution is 0.505. The van der Waals surface area contributed by atoms with E-state index in [9.17, 15) is 0 Å². The molecular formula is C20H28N2. The Balaban J connectivity index is 0.000000257. The van der Waals surface area contributed by atoms with Crippen LogP contribution in [0.5, 0.6) is 0 Å². The molecule has 0 unspecified atom stereocenters. The highest BCUT2D eigenvalue weighted by molar-refractivity contribution is 5.98. The van der Waals surface area contributed by atoms with Crippen LogP contribution in [0.3, 0.4) is 0 Å². The average molecular weight is 296 g/mol. The van der Waals surface area contributed by atoms with Crippen molar-refractivity contribution in [2.24, 2.45) is 0 Å². The Bertz CT molecular complexity index is 571. The number of hydrogen-bond acceptors (Lipinski definition) is 2. The summed E-state index contributed by atoms with van der Waals surface area (Å²) < 4.78 is 0. The number of fused-ring (bicyclic) bond motifs is 2. The molecule has 3 aromatic rings. The first kappa shape index (κ1) is 18.1. The Hall–Kier alpha value is -1.90. The summed E-state index contributed by atoms with van der Waals surface area (Å²) in [7, 11) is 12.0. The van der Waals surface area contributed by atoms with Gasteiger partial charge in [0, 0.05) is 0 Å². The molecule has 0 radical (unpaired) electrons. The molecule has 0 N–H and O–H groups in total. The largest absolute Gasteiger partial charge is 0.312 e. The van der Waals surface area contributed by atoms with Gasteiger partial charge >= 0.3 is 0 Å². The number of rotatable bonds is 0. The summed E-state index contributed by atoms with van der Waals surface area (Å²) in [5, 5.41) is 5.25. The monoisotopic (exact) mass is 296 g/mol. The fraction of sp³-hybridized carbons (Fsp3) is 0.300. The van der Waals surface area contributed by atoms with Crippen LogP contribution >= 0.6 is 0 Å². The predicted octanol–water partition coefficient (Wildman–Crippen LogP) is 4.35. The number of benzene rings is 3. The summed E-state index contributed by atoms with van der Waals surface area (Å²) in [6.07, 6.45) is 0. The van der Waals surface area contributed by atoms with E-state index in [1.807, 2.05) is 52.1 Å². The normalized spacial score (nSPS) is 10.2. The van der Waals surface area contributed by atoms with Crippen molar-refractivity contribution in [1.82, 2.24) is 9.80 Å². The van der Waals surface area contributed by atoms with E-state index in [0.717, 1.165) is 0 Å². The van der Waals surface area contributed by atoms with Crippen LogP contribution in [0.2, 0.25) is 0 Å². The van der Waals surface area contributed by atoms with E-state index in [4.69, 9.17) is 0 Å². The zero-order chi connectivity index (χ0) is 16.5. The molecule has 0 atom stereocenters. The van der Waals surface area contributed by atoms with E-state index in [0.29, 0.717) is 0 Å². The van der Waals surface area contributed by atoms with Crippen LogP contribution in [0.4, 0.5) is 0 Å². The lowest BCUT2D eigenvalue weighted by Crippen LogP contribution is -1.99. The molecule has 0 aromatic heterocycles. The highest BCUT2D eigenvalue weighted by atomic mass is 15.0. The van der Waals surface area contributed by atoms with Gasteiger partial charge in [-0.05, 0) is 76.0 Å². The lowest BCUT2D eigenvalue weighted by Gasteiger charge is -2.00. The smallest absolute Gasteiger partial charge is 0.0140 e. The fourth-order valence-corrected chi connectivity index (χ4v) is 1.88. The minimum atomic E-state index is 1.31. The molecule has 0 saturated carbocycles. The molecule has 3 aromatic carbocycles. The summed E-state index contributed by atoms with van der Waals surface area (Å²) in [6, 6.07) is 21.4. The molecule has 0 spiro atoms. The van der Waals surface area contributed by atoms with Gasteiger partial charge < -0.3 is 9.80 Å². The molecule has 22 heavy (non-hydrogen) atoms. The Morgan fingerprint density at radius 1 is 0.455 bits per heavy atom. The Morgan fingerprint density at radius 2 is 0.636 bits per heavy atom. The molecule has 0 aliphatic rings. The zero-order valence-electron chi connectivity index (χ0n) is 14.7. The van der Waals surface area contributed by atoms with Crippen LogP contribution in [-0.4, -0.2) is 52.1 Å². The van der Waals surface area contributed by atoms with E-state index in [-0.39, 0.29) is 0 Å². The van der Waals surface area contributed by atoms with Gasteiger partial charge in [-0.25, -0.2) is 0 Å². The molecule has 0 saturated heterocycles. The standard InChI is InChI=1S/C14H10.2C3H9N/c1-2-6-12-10-14-8-4-3-7-13(14)9-11(12)5-1;2*1-4(2)3/h1-10H;2*1-3H3. The third-order valence-corrected chi connectivity index (χ3v) is 2.61. The average Bonchev–Trinajstić information content (AvgIpc) is 2.44. The van der Waals surface area contributed by atoms with Gasteiger partial charge in [0.2, 0.25) is 0 Å². The second kappa shape index (κ2) is 9.19. The highest BCUT2D eigenvalue weighted by Gasteiger charge is 1.95. The van der Waals surface area contributed by atoms with Gasteiger partial charge in [-0.2, -0.15) is 0 Å². The molecule has 3 rings (SSSR count). The molecule has 0 aliphatic heterocycles. The van der Waals surface area contributed by atoms with E-state index in [2.05, 4.69) is 60.7 Å². The van der Waals surface area contributed by atoms with E-state index in [1.165, 1.54) is 21.5 Å². The fourth-order valence-electron chi connectivity index (χ4n) is 1.88. The third-order valence-electron chi connectivity index (χ3n) is 2.61. The Morgan fingerprint density at radius 3 is 0.818 bits per heavy atom. The first-order valence-electron chi connectivity index (χ1n) is 7.49. The molecule has 0 fully saturated rings. The molecular weight excluding hydrogens is 268 g/mol. The topological polar surface area (TPSA) is 6.48 Å². The van der Waals surface area contributed by atoms with E-state index < -0.39 is 0 Å². The van der Waals surface area contributed by atoms with Crippen LogP contribution in [0.15, 0.2) is 60.7 Å². The maximum atomic E-state index is 2.24. The van der Waals surface area contributed by atoms with Gasteiger partial charge in [-0.15, -0.1) is 0 Å². The summed E-state index contributed by atoms with van der Waals surface area (Å²) in [5.74, 6) is 0. The molecule has 118 valence electrons. The van der Waals surface area contributed by atoms with Crippen molar-refractivity contribution in [2.75, 3.05) is 42.3 Å². The van der Waals surface area contributed by atoms with Crippen LogP contribution in [-0.2, 0) is 0 Å². The molecule has 0 aliphatic carbocycles. The van der Waals surface area contributed by atoms with Crippen molar-refractivity contribution in [2.45, 2.75) is 0 Å². The summed E-state index contributed by atoms with van der Waals surface area (Å²) in [5.41, 5.74) is 0. The van der Waals surface area contributed by atoms with Crippen LogP contribution in [0.1, 0.15) is 0 Å². The number of hydrogen-bond donors (Lipinski definition) is 0. The van der Waals surface area contributed by atoms with Gasteiger partial charge in [0.25, 0.3) is 0 Å². The van der Waals surface area contributed by atoms with Crippen LogP contribution in [0.25, 0.3) is 21.5 Å². The highest BCUT2D eigenvalue weighted by Crippen LogP contribution is 2.21. The van der Waals surface area contributed by atoms with Gasteiger partial charge in [0.05, 0.1) is 0 Å². The van der Waals surface area contributed by atoms with Gasteiger partial charge in [0.15, 0.2) is 0 Å². The molecule has 0 heterocycles. The van der Waals surface area contributed by atoms with Crippen LogP contribution in [0, 0.1) is 0 Å². The predicted molar refractivity (Wildman–Crippen MR) is 101 cm³/mol. The quantitative estimate of drug-likeness (QED) is 0.569. The van der Waals surface area contributed by atoms with E-state index in [1.54, 1.807) is 0 Å². The van der Waals surface area contributed by atoms with Crippen molar-refractivity contribution in [3.05, 3.63) is 60.7 Å². The van der Waals surface area contributed by atoms with Crippen molar-refractivity contribution < 1.29 is 0 Å². The third kappa shape index (κ3) is 6.70. The maximum Gasteiger partial charge on any atom is -0.0140 e. The van der Waals surface area contributed by atoms with Crippen molar-refractivity contribution in [3.8, 4) is 0 Å². The minimum absolute atomic E-state index is 1.31. The number of nitrogens with zero attached hydrogens (tertiary/aromatic N) is 2. The summed E-state index contributed by atoms with van der Waals surface area (Å²) in [6.45, 7) is 0. The molecule has 0 bridgehead atoms. The van der Waals surface area contributed by atoms with Gasteiger partial charge in [-0.1, -0.05) is 48.5 Å². The molecule has 2 nitrogen and oxygen atoms in total. The van der Waals surface area contributed by atoms with Crippen LogP contribution < -0.4 is 0 Å². The second-order valence-corrected chi connectivity index (χ2v) is 6.23. The van der Waals surface area contributed by atoms with Crippen molar-refractivity contribution in [3.63, 3.8) is 0 Å². The Labute approximate surface area is 135 Å². The molecule has 0 amide bonds. The first-order valence-corrected chi connectivity index (χ1v) is 7.49. The zero-order valence-corrected chi connectivity index (χ0v) is 14.7. The lowest BCUT2D eigenvalue weighted by atomic mass is 10.0. The van der Waals surface area contributed by atoms with Gasteiger partial charge in [-0.3, -0.25) is 0 Å². The maximum absolute atomic E-state index is 2.24. The summed E-state index contributed by atoms with van der Waals surface area (Å²) in [4.78, 5) is 4.00. The van der Waals surface area contributed by atoms with Crippen molar-refractivity contribution >= 4 is 21.5 Å². The van der Waals surface area contributed by atoms with Crippen molar-refractivity contribution in [1.29, 1.82) is 0 Å². The van der Waals surface area contributed by atoms with Gasteiger partial charge in [0.1, 0.15) is 0 Å². The molecule has 2 heteroatoms.